The molecule has 2 aromatic carbocycles. The molecule has 0 N–H and O–H groups in total. The minimum absolute atomic E-state index is 0.223. The monoisotopic (exact) mass is 668 g/mol. The molecule has 48 heavy (non-hydrogen) atoms. The van der Waals surface area contributed by atoms with Crippen molar-refractivity contribution in [3.63, 3.8) is 0 Å². The summed E-state index contributed by atoms with van der Waals surface area (Å²) in [5, 5.41) is 19.7. The van der Waals surface area contributed by atoms with Crippen molar-refractivity contribution in [3.05, 3.63) is 123 Å². The Balaban J connectivity index is 1.62. The van der Waals surface area contributed by atoms with Gasteiger partial charge in [-0.2, -0.15) is 0 Å². The summed E-state index contributed by atoms with van der Waals surface area (Å²) in [5.41, 5.74) is 1.83. The molecule has 0 saturated heterocycles. The van der Waals surface area contributed by atoms with Gasteiger partial charge in [-0.3, -0.25) is 9.59 Å². The van der Waals surface area contributed by atoms with Crippen LogP contribution < -0.4 is 28.0 Å². The van der Waals surface area contributed by atoms with Crippen LogP contribution in [0.1, 0.15) is 31.8 Å². The van der Waals surface area contributed by atoms with Crippen LogP contribution in [0.4, 0.5) is 0 Å². The van der Waals surface area contributed by atoms with Gasteiger partial charge < -0.3 is 18.9 Å². The fraction of sp³-hybridized carbons (Fsp3) is 0.111. The summed E-state index contributed by atoms with van der Waals surface area (Å²) < 4.78 is 24.2. The van der Waals surface area contributed by atoms with Crippen LogP contribution in [0.2, 0.25) is 0 Å². The minimum Gasteiger partial charge on any atom is -0.493 e. The zero-order valence-electron chi connectivity index (χ0n) is 25.7. The fourth-order valence-corrected chi connectivity index (χ4v) is 7.96. The highest BCUT2D eigenvalue weighted by atomic mass is 32.1. The molecule has 4 aromatic rings. The van der Waals surface area contributed by atoms with Crippen molar-refractivity contribution < 1.29 is 28.5 Å². The SMILES string of the molecule is [C-]#[N+]/C(C#N)=C1\C(=c2\cc/c(=c3/cc/c(=C4\C(=O)c5cc(OC)c(OC)cc5\C4=C(\C#N)[N+]#[C-])s3)s2)C(=O)c2cc(OC)c(OC)cc21. The summed E-state index contributed by atoms with van der Waals surface area (Å²) in [7, 11) is 5.83. The van der Waals surface area contributed by atoms with Crippen molar-refractivity contribution >= 4 is 56.5 Å². The normalized spacial score (nSPS) is 18.1. The minimum atomic E-state index is -0.355. The highest BCUT2D eigenvalue weighted by Gasteiger charge is 2.36. The number of nitrogens with zero attached hydrogens (tertiary/aromatic N) is 4. The van der Waals surface area contributed by atoms with Crippen molar-refractivity contribution in [2.75, 3.05) is 28.4 Å². The average Bonchev–Trinajstić information content (AvgIpc) is 3.90. The Morgan fingerprint density at radius 3 is 1.19 bits per heavy atom. The van der Waals surface area contributed by atoms with Gasteiger partial charge >= 0.3 is 0 Å². The predicted octanol–water partition coefficient (Wildman–Crippen LogP) is 5.53. The molecular weight excluding hydrogens is 649 g/mol. The molecule has 2 aliphatic carbocycles. The van der Waals surface area contributed by atoms with Gasteiger partial charge in [0.15, 0.2) is 34.6 Å². The van der Waals surface area contributed by atoms with E-state index >= 15 is 0 Å². The topological polar surface area (TPSA) is 127 Å². The summed E-state index contributed by atoms with van der Waals surface area (Å²) in [4.78, 5) is 34.5. The van der Waals surface area contributed by atoms with Crippen LogP contribution in [-0.2, 0) is 0 Å². The highest BCUT2D eigenvalue weighted by molar-refractivity contribution is 7.12. The third kappa shape index (κ3) is 4.73. The van der Waals surface area contributed by atoms with E-state index in [4.69, 9.17) is 32.1 Å². The van der Waals surface area contributed by atoms with Crippen LogP contribution in [0.15, 0.2) is 59.9 Å². The first-order valence-electron chi connectivity index (χ1n) is 13.9. The molecule has 0 unspecified atom stereocenters. The molecule has 0 radical (unpaired) electrons. The van der Waals surface area contributed by atoms with Gasteiger partial charge in [-0.15, -0.1) is 22.7 Å². The Hall–Kier alpha value is -6.44. The number of nitriles is 2. The van der Waals surface area contributed by atoms with E-state index in [0.29, 0.717) is 54.3 Å². The maximum absolute atomic E-state index is 13.8. The van der Waals surface area contributed by atoms with Gasteiger partial charge in [0, 0.05) is 51.5 Å². The van der Waals surface area contributed by atoms with Gasteiger partial charge in [-0.05, 0) is 59.7 Å². The van der Waals surface area contributed by atoms with Crippen LogP contribution in [0.25, 0.3) is 32.0 Å². The fourth-order valence-electron chi connectivity index (χ4n) is 5.76. The molecule has 232 valence electrons. The van der Waals surface area contributed by atoms with Gasteiger partial charge in [0.05, 0.1) is 53.7 Å². The summed E-state index contributed by atoms with van der Waals surface area (Å²) in [5.74, 6) is 0.680. The van der Waals surface area contributed by atoms with Gasteiger partial charge in [-0.1, -0.05) is 0 Å². The summed E-state index contributed by atoms with van der Waals surface area (Å²) in [6.07, 6.45) is 0. The number of benzene rings is 2. The molecule has 0 saturated carbocycles. The lowest BCUT2D eigenvalue weighted by Gasteiger charge is -2.09. The zero-order valence-corrected chi connectivity index (χ0v) is 27.3. The summed E-state index contributed by atoms with van der Waals surface area (Å²) in [6.45, 7) is 15.3. The molecule has 0 bridgehead atoms. The third-order valence-corrected chi connectivity index (χ3v) is 10.3. The van der Waals surface area contributed by atoms with Crippen LogP contribution >= 0.6 is 22.7 Å². The number of fused-ring (bicyclic) bond motifs is 2. The zero-order chi connectivity index (χ0) is 34.3. The first kappa shape index (κ1) is 31.5. The van der Waals surface area contributed by atoms with Gasteiger partial charge in [-0.25, -0.2) is 20.2 Å². The molecule has 2 heterocycles. The standard InChI is InChI=1S/C36H20N4O6S2/c1-39-21(15-37)31-17-11-23(43-3)25(45-5)13-19(17)35(41)33(31)29-9-7-27(47-29)28-8-10-30(48-28)34-32(22(16-38)40-2)18-12-24(44-4)26(46-6)14-20(18)36(34)42/h7-14H,3-6H3/b28-27+,31-21-,32-22+,33-29+,34-30+. The molecule has 10 nitrogen and oxygen atoms in total. The lowest BCUT2D eigenvalue weighted by atomic mass is 10.0. The largest absolute Gasteiger partial charge is 0.493 e. The van der Waals surface area contributed by atoms with Crippen LogP contribution in [0.5, 0.6) is 23.0 Å². The first-order valence-corrected chi connectivity index (χ1v) is 15.5. The summed E-state index contributed by atoms with van der Waals surface area (Å²) in [6, 6.07) is 17.3. The molecule has 12 heteroatoms. The number of allylic oxidation sites excluding steroid dienone is 4. The van der Waals surface area contributed by atoms with E-state index in [0.717, 1.165) is 9.06 Å². The van der Waals surface area contributed by atoms with E-state index in [9.17, 15) is 20.1 Å². The number of thiophene rings is 2. The Morgan fingerprint density at radius 1 is 0.583 bits per heavy atom. The predicted molar refractivity (Wildman–Crippen MR) is 178 cm³/mol. The van der Waals surface area contributed by atoms with Gasteiger partial charge in [0.2, 0.25) is 0 Å². The molecule has 2 aliphatic rings. The summed E-state index contributed by atoms with van der Waals surface area (Å²) >= 11 is 2.59. The molecule has 0 aliphatic heterocycles. The first-order chi connectivity index (χ1) is 23.3. The number of hydrogen-bond donors (Lipinski definition) is 0. The second-order valence-corrected chi connectivity index (χ2v) is 12.3. The molecule has 2 aromatic heterocycles. The molecule has 0 atom stereocenters. The third-order valence-electron chi connectivity index (χ3n) is 7.89. The van der Waals surface area contributed by atoms with Crippen LogP contribution in [0, 0.1) is 44.9 Å². The maximum Gasteiger partial charge on any atom is 0.270 e. The number of ether oxygens (including phenoxy) is 4. The number of rotatable bonds is 4. The number of carbonyl (C=O) groups excluding carboxylic acids is 2. The molecule has 0 amide bonds. The van der Waals surface area contributed by atoms with E-state index in [2.05, 4.69) is 9.69 Å². The number of methoxy groups -OCH3 is 4. The number of Topliss-reactive ketones (excluding diaryl/α,β-unsaturated/α-hetero) is 2. The van der Waals surface area contributed by atoms with Gasteiger partial charge in [0.1, 0.15) is 0 Å². The lowest BCUT2D eigenvalue weighted by molar-refractivity contribution is 0.105. The van der Waals surface area contributed by atoms with Gasteiger partial charge in [0.25, 0.3) is 11.4 Å². The molecule has 6 rings (SSSR count). The molecule has 0 spiro atoms. The van der Waals surface area contributed by atoms with Crippen LogP contribution in [0.3, 0.4) is 0 Å². The average molecular weight is 669 g/mol. The Morgan fingerprint density at radius 2 is 0.896 bits per heavy atom. The van der Waals surface area contributed by atoms with Crippen molar-refractivity contribution in [1.29, 1.82) is 10.5 Å². The van der Waals surface area contributed by atoms with Crippen LogP contribution in [-0.4, -0.2) is 40.0 Å². The van der Waals surface area contributed by atoms with E-state index in [1.165, 1.54) is 51.1 Å². The smallest absolute Gasteiger partial charge is 0.270 e. The molecular formula is C36H20N4O6S2. The maximum atomic E-state index is 13.8. The number of hydrogen-bond acceptors (Lipinski definition) is 10. The lowest BCUT2D eigenvalue weighted by Crippen LogP contribution is -2.06. The van der Waals surface area contributed by atoms with E-state index in [-0.39, 0.29) is 45.3 Å². The Bertz CT molecular complexity index is 2390. The second kappa shape index (κ2) is 12.4. The highest BCUT2D eigenvalue weighted by Crippen LogP contribution is 2.46. The van der Waals surface area contributed by atoms with E-state index in [1.807, 2.05) is 24.3 Å². The number of carbonyl (C=O) groups is 2. The Kier molecular flexibility index (Phi) is 8.14. The van der Waals surface area contributed by atoms with E-state index < -0.39 is 0 Å². The van der Waals surface area contributed by atoms with E-state index in [1.54, 1.807) is 36.4 Å². The molecule has 0 fully saturated rings. The Labute approximate surface area is 281 Å². The quantitative estimate of drug-likeness (QED) is 0.205. The van der Waals surface area contributed by atoms with Crippen molar-refractivity contribution in [2.45, 2.75) is 0 Å². The van der Waals surface area contributed by atoms with Crippen molar-refractivity contribution in [3.8, 4) is 35.1 Å². The number of ketones is 2. The van der Waals surface area contributed by atoms with Crippen molar-refractivity contribution in [2.24, 2.45) is 0 Å². The van der Waals surface area contributed by atoms with Crippen molar-refractivity contribution in [1.82, 2.24) is 0 Å². The second-order valence-electron chi connectivity index (χ2n) is 10.1.